The molecular weight excluding hydrogens is 200 g/mol. The predicted octanol–water partition coefficient (Wildman–Crippen LogP) is 1.47. The van der Waals surface area contributed by atoms with Gasteiger partial charge in [-0.3, -0.25) is 0 Å². The van der Waals surface area contributed by atoms with Crippen LogP contribution < -0.4 is 5.32 Å². The van der Waals surface area contributed by atoms with Crippen molar-refractivity contribution >= 4 is 0 Å². The van der Waals surface area contributed by atoms with Gasteiger partial charge in [0.15, 0.2) is 0 Å². The summed E-state index contributed by atoms with van der Waals surface area (Å²) in [6.07, 6.45) is 4.49. The Morgan fingerprint density at radius 1 is 1.38 bits per heavy atom. The Labute approximate surface area is 100 Å². The Morgan fingerprint density at radius 3 is 2.62 bits per heavy atom. The van der Waals surface area contributed by atoms with Crippen molar-refractivity contribution < 1.29 is 5.11 Å². The fourth-order valence-corrected chi connectivity index (χ4v) is 2.62. The van der Waals surface area contributed by atoms with E-state index in [9.17, 15) is 5.11 Å². The molecule has 3 heteroatoms. The zero-order valence-corrected chi connectivity index (χ0v) is 11.1. The third-order valence-corrected chi connectivity index (χ3v) is 3.83. The number of rotatable bonds is 6. The van der Waals surface area contributed by atoms with Crippen LogP contribution in [0.2, 0.25) is 0 Å². The highest BCUT2D eigenvalue weighted by atomic mass is 16.3. The molecule has 0 spiro atoms. The quantitative estimate of drug-likeness (QED) is 0.722. The number of aliphatic hydroxyl groups excluding tert-OH is 1. The number of likely N-dealkylation sites (tertiary alicyclic amines) is 1. The maximum atomic E-state index is 10.0. The number of piperidine rings is 1. The van der Waals surface area contributed by atoms with Crippen molar-refractivity contribution in [2.45, 2.75) is 51.7 Å². The second-order valence-electron chi connectivity index (χ2n) is 5.15. The van der Waals surface area contributed by atoms with E-state index in [0.717, 1.165) is 25.9 Å². The minimum absolute atomic E-state index is 0.178. The lowest BCUT2D eigenvalue weighted by atomic mass is 9.96. The summed E-state index contributed by atoms with van der Waals surface area (Å²) in [5.74, 6) is 0.453. The van der Waals surface area contributed by atoms with Gasteiger partial charge in [-0.25, -0.2) is 0 Å². The van der Waals surface area contributed by atoms with Gasteiger partial charge in [-0.2, -0.15) is 0 Å². The van der Waals surface area contributed by atoms with Crippen LogP contribution in [0.25, 0.3) is 0 Å². The molecule has 1 saturated heterocycles. The fourth-order valence-electron chi connectivity index (χ4n) is 2.62. The van der Waals surface area contributed by atoms with E-state index in [1.54, 1.807) is 0 Å². The van der Waals surface area contributed by atoms with E-state index < -0.39 is 0 Å². The molecule has 0 bridgehead atoms. The first-order valence-electron chi connectivity index (χ1n) is 6.77. The van der Waals surface area contributed by atoms with Gasteiger partial charge < -0.3 is 15.3 Å². The molecule has 1 heterocycles. The number of aliphatic hydroxyl groups is 1. The molecule has 2 N–H and O–H groups in total. The summed E-state index contributed by atoms with van der Waals surface area (Å²) in [6, 6.07) is 0.572. The zero-order chi connectivity index (χ0) is 12.0. The summed E-state index contributed by atoms with van der Waals surface area (Å²) in [4.78, 5) is 2.37. The average Bonchev–Trinajstić information content (AvgIpc) is 2.28. The summed E-state index contributed by atoms with van der Waals surface area (Å²) in [5, 5.41) is 13.5. The van der Waals surface area contributed by atoms with Crippen LogP contribution in [-0.2, 0) is 0 Å². The van der Waals surface area contributed by atoms with Gasteiger partial charge in [0.25, 0.3) is 0 Å². The van der Waals surface area contributed by atoms with Crippen LogP contribution in [0.4, 0.5) is 0 Å². The second kappa shape index (κ2) is 7.25. The highest BCUT2D eigenvalue weighted by molar-refractivity contribution is 4.78. The van der Waals surface area contributed by atoms with Gasteiger partial charge >= 0.3 is 0 Å². The number of nitrogens with zero attached hydrogens (tertiary/aromatic N) is 1. The molecule has 0 radical (unpaired) electrons. The van der Waals surface area contributed by atoms with Gasteiger partial charge in [-0.15, -0.1) is 0 Å². The molecule has 3 nitrogen and oxygen atoms in total. The van der Waals surface area contributed by atoms with Gasteiger partial charge in [0, 0.05) is 19.1 Å². The van der Waals surface area contributed by atoms with Crippen LogP contribution in [0.1, 0.15) is 39.5 Å². The topological polar surface area (TPSA) is 35.5 Å². The summed E-state index contributed by atoms with van der Waals surface area (Å²) in [7, 11) is 2.17. The van der Waals surface area contributed by atoms with Gasteiger partial charge in [0.2, 0.25) is 0 Å². The van der Waals surface area contributed by atoms with E-state index in [-0.39, 0.29) is 6.10 Å². The largest absolute Gasteiger partial charge is 0.392 e. The van der Waals surface area contributed by atoms with Gasteiger partial charge in [-0.1, -0.05) is 26.7 Å². The maximum absolute atomic E-state index is 10.0. The van der Waals surface area contributed by atoms with Crippen LogP contribution in [-0.4, -0.2) is 48.8 Å². The first kappa shape index (κ1) is 13.9. The maximum Gasteiger partial charge on any atom is 0.0692 e. The number of nitrogens with one attached hydrogen (secondary N) is 1. The molecule has 1 rings (SSSR count). The molecule has 0 amide bonds. The highest BCUT2D eigenvalue weighted by Gasteiger charge is 2.20. The van der Waals surface area contributed by atoms with Gasteiger partial charge in [0.05, 0.1) is 6.10 Å². The van der Waals surface area contributed by atoms with Gasteiger partial charge in [0.1, 0.15) is 0 Å². The molecule has 16 heavy (non-hydrogen) atoms. The smallest absolute Gasteiger partial charge is 0.0692 e. The van der Waals surface area contributed by atoms with Crippen molar-refractivity contribution in [3.05, 3.63) is 0 Å². The Morgan fingerprint density at radius 2 is 2.06 bits per heavy atom. The standard InChI is InChI=1S/C13H28N2O/c1-4-11(5-2)13(16)9-14-12-7-6-8-15(3)10-12/h11-14,16H,4-10H2,1-3H3. The molecule has 0 aromatic heterocycles. The first-order valence-corrected chi connectivity index (χ1v) is 6.77. The average molecular weight is 228 g/mol. The Hall–Kier alpha value is -0.120. The van der Waals surface area contributed by atoms with E-state index in [4.69, 9.17) is 0 Å². The molecule has 2 atom stereocenters. The van der Waals surface area contributed by atoms with Crippen molar-refractivity contribution in [1.29, 1.82) is 0 Å². The number of likely N-dealkylation sites (N-methyl/N-ethyl adjacent to an activating group) is 1. The van der Waals surface area contributed by atoms with Crippen LogP contribution in [0.15, 0.2) is 0 Å². The molecule has 1 aliphatic rings. The van der Waals surface area contributed by atoms with E-state index in [2.05, 4.69) is 31.1 Å². The lowest BCUT2D eigenvalue weighted by Gasteiger charge is -2.31. The molecule has 1 fully saturated rings. The van der Waals surface area contributed by atoms with Gasteiger partial charge in [-0.05, 0) is 32.4 Å². The lowest BCUT2D eigenvalue weighted by Crippen LogP contribution is -2.47. The molecule has 0 saturated carbocycles. The molecule has 0 aromatic carbocycles. The van der Waals surface area contributed by atoms with Crippen molar-refractivity contribution in [1.82, 2.24) is 10.2 Å². The number of hydrogen-bond acceptors (Lipinski definition) is 3. The summed E-state index contributed by atoms with van der Waals surface area (Å²) in [6.45, 7) is 7.41. The van der Waals surface area contributed by atoms with Crippen molar-refractivity contribution in [3.8, 4) is 0 Å². The molecule has 2 unspecified atom stereocenters. The highest BCUT2D eigenvalue weighted by Crippen LogP contribution is 2.13. The molecule has 1 aliphatic heterocycles. The van der Waals surface area contributed by atoms with Crippen LogP contribution >= 0.6 is 0 Å². The third kappa shape index (κ3) is 4.40. The van der Waals surface area contributed by atoms with Crippen molar-refractivity contribution in [3.63, 3.8) is 0 Å². The third-order valence-electron chi connectivity index (χ3n) is 3.83. The monoisotopic (exact) mass is 228 g/mol. The minimum Gasteiger partial charge on any atom is -0.392 e. The van der Waals surface area contributed by atoms with Crippen LogP contribution in [0.5, 0.6) is 0 Å². The number of hydrogen-bond donors (Lipinski definition) is 2. The van der Waals surface area contributed by atoms with E-state index in [1.165, 1.54) is 19.4 Å². The van der Waals surface area contributed by atoms with Crippen LogP contribution in [0, 0.1) is 5.92 Å². The van der Waals surface area contributed by atoms with E-state index in [0.29, 0.717) is 12.0 Å². The zero-order valence-electron chi connectivity index (χ0n) is 11.1. The molecule has 0 aromatic rings. The molecule has 96 valence electrons. The Kier molecular flexibility index (Phi) is 6.32. The second-order valence-corrected chi connectivity index (χ2v) is 5.15. The molecule has 0 aliphatic carbocycles. The summed E-state index contributed by atoms with van der Waals surface area (Å²) < 4.78 is 0. The normalized spacial score (nSPS) is 24.9. The Balaban J connectivity index is 2.22. The van der Waals surface area contributed by atoms with Crippen molar-refractivity contribution in [2.75, 3.05) is 26.7 Å². The first-order chi connectivity index (χ1) is 7.67. The summed E-state index contributed by atoms with van der Waals surface area (Å²) >= 11 is 0. The summed E-state index contributed by atoms with van der Waals surface area (Å²) in [5.41, 5.74) is 0. The van der Waals surface area contributed by atoms with Crippen molar-refractivity contribution in [2.24, 2.45) is 5.92 Å². The predicted molar refractivity (Wildman–Crippen MR) is 68.6 cm³/mol. The lowest BCUT2D eigenvalue weighted by molar-refractivity contribution is 0.0932. The minimum atomic E-state index is -0.178. The van der Waals surface area contributed by atoms with E-state index >= 15 is 0 Å². The fraction of sp³-hybridized carbons (Fsp3) is 1.00. The van der Waals surface area contributed by atoms with E-state index in [1.807, 2.05) is 0 Å². The SMILES string of the molecule is CCC(CC)C(O)CNC1CCCN(C)C1. The molecular formula is C13H28N2O. The Bertz CT molecular complexity index is 181. The van der Waals surface area contributed by atoms with Crippen LogP contribution in [0.3, 0.4) is 0 Å².